The van der Waals surface area contributed by atoms with E-state index in [0.29, 0.717) is 51.6 Å². The number of carbonyl (C=O) groups excluding carboxylic acids is 1. The molecule has 4 aromatic heterocycles. The lowest BCUT2D eigenvalue weighted by Gasteiger charge is -2.13. The second-order valence-electron chi connectivity index (χ2n) is 10.5. The molecule has 0 aliphatic rings. The Hall–Kier alpha value is -6.50. The third-order valence-corrected chi connectivity index (χ3v) is 7.46. The highest BCUT2D eigenvalue weighted by atomic mass is 16.5. The van der Waals surface area contributed by atoms with Crippen molar-refractivity contribution in [2.24, 2.45) is 0 Å². The lowest BCUT2D eigenvalue weighted by molar-refractivity contribution is -0.116. The van der Waals surface area contributed by atoms with Gasteiger partial charge in [0, 0.05) is 34.6 Å². The lowest BCUT2D eigenvalue weighted by atomic mass is 10.1. The molecule has 7 aromatic rings. The van der Waals surface area contributed by atoms with Crippen molar-refractivity contribution in [1.82, 2.24) is 35.1 Å². The Morgan fingerprint density at radius 1 is 0.851 bits per heavy atom. The Labute approximate surface area is 268 Å². The number of amides is 1. The molecule has 13 heteroatoms. The molecular weight excluding hydrogens is 600 g/mol. The van der Waals surface area contributed by atoms with Crippen molar-refractivity contribution in [2.45, 2.75) is 6.54 Å². The number of carbonyl (C=O) groups is 1. The number of hydrogen-bond acceptors (Lipinski definition) is 10. The van der Waals surface area contributed by atoms with Gasteiger partial charge in [0.15, 0.2) is 23.0 Å². The van der Waals surface area contributed by atoms with Crippen LogP contribution in [-0.2, 0) is 11.3 Å². The molecule has 0 aliphatic carbocycles. The van der Waals surface area contributed by atoms with E-state index in [2.05, 4.69) is 35.7 Å². The van der Waals surface area contributed by atoms with Gasteiger partial charge in [0.2, 0.25) is 17.4 Å². The van der Waals surface area contributed by atoms with Crippen LogP contribution in [0.3, 0.4) is 0 Å². The zero-order valence-corrected chi connectivity index (χ0v) is 25.6. The standard InChI is InChI=1S/C34H28N8O5/c1-44-28-14-22(15-29(45-2)32(28)46-3)25-16-30(47-40-25)34-37-26-13-23(17-35-33(26)38-34)20-9-11-24(12-10-20)36-31(43)19-42-18-27(39-41-42)21-7-5-4-6-8-21/h4-18H,19H2,1-3H3,(H,36,43)(H,35,37,38). The molecule has 0 saturated carbocycles. The van der Waals surface area contributed by atoms with Gasteiger partial charge in [-0.1, -0.05) is 52.8 Å². The maximum Gasteiger partial charge on any atom is 0.246 e. The van der Waals surface area contributed by atoms with Crippen LogP contribution < -0.4 is 19.5 Å². The lowest BCUT2D eigenvalue weighted by Crippen LogP contribution is -2.19. The SMILES string of the molecule is COc1cc(-c2cc(-c3nc4ncc(-c5ccc(NC(=O)Cn6cc(-c7ccccc7)nn6)cc5)cc4[nH]3)on2)cc(OC)c1OC. The summed E-state index contributed by atoms with van der Waals surface area (Å²) in [6, 6.07) is 24.5. The quantitative estimate of drug-likeness (QED) is 0.188. The second-order valence-corrected chi connectivity index (χ2v) is 10.5. The van der Waals surface area contributed by atoms with Crippen molar-refractivity contribution in [3.05, 3.63) is 91.3 Å². The number of methoxy groups -OCH3 is 3. The number of nitrogens with one attached hydrogen (secondary N) is 2. The van der Waals surface area contributed by atoms with Gasteiger partial charge in [-0.05, 0) is 35.9 Å². The van der Waals surface area contributed by atoms with Crippen LogP contribution in [-0.4, -0.2) is 62.3 Å². The number of nitrogens with zero attached hydrogens (tertiary/aromatic N) is 6. The fourth-order valence-corrected chi connectivity index (χ4v) is 5.14. The molecule has 0 unspecified atom stereocenters. The van der Waals surface area contributed by atoms with E-state index < -0.39 is 0 Å². The minimum atomic E-state index is -0.212. The van der Waals surface area contributed by atoms with Gasteiger partial charge in [-0.15, -0.1) is 5.10 Å². The van der Waals surface area contributed by atoms with Crippen molar-refractivity contribution < 1.29 is 23.5 Å². The molecule has 1 amide bonds. The molecule has 0 fully saturated rings. The predicted octanol–water partition coefficient (Wildman–Crippen LogP) is 5.87. The number of aromatic amines is 1. The van der Waals surface area contributed by atoms with Crippen molar-refractivity contribution in [3.8, 4) is 62.5 Å². The average Bonchev–Trinajstić information content (AvgIpc) is 3.88. The van der Waals surface area contributed by atoms with E-state index in [1.54, 1.807) is 51.9 Å². The summed E-state index contributed by atoms with van der Waals surface area (Å²) in [6.07, 6.45) is 3.50. The third kappa shape index (κ3) is 5.96. The summed E-state index contributed by atoms with van der Waals surface area (Å²) in [7, 11) is 4.66. The number of fused-ring (bicyclic) bond motifs is 1. The Kier molecular flexibility index (Phi) is 7.76. The highest BCUT2D eigenvalue weighted by Crippen LogP contribution is 2.41. The Balaban J connectivity index is 1.04. The molecule has 4 heterocycles. The van der Waals surface area contributed by atoms with E-state index in [9.17, 15) is 4.79 Å². The Bertz CT molecular complexity index is 2160. The minimum absolute atomic E-state index is 0.0412. The normalized spacial score (nSPS) is 11.0. The number of imidazole rings is 1. The molecule has 2 N–H and O–H groups in total. The van der Waals surface area contributed by atoms with Crippen LogP contribution in [0.5, 0.6) is 17.2 Å². The highest BCUT2D eigenvalue weighted by Gasteiger charge is 2.18. The number of aromatic nitrogens is 7. The van der Waals surface area contributed by atoms with Crippen LogP contribution in [0.1, 0.15) is 0 Å². The molecule has 13 nitrogen and oxygen atoms in total. The molecule has 47 heavy (non-hydrogen) atoms. The first kappa shape index (κ1) is 29.2. The van der Waals surface area contributed by atoms with Crippen molar-refractivity contribution >= 4 is 22.8 Å². The van der Waals surface area contributed by atoms with Crippen LogP contribution in [0.4, 0.5) is 5.69 Å². The van der Waals surface area contributed by atoms with E-state index >= 15 is 0 Å². The maximum atomic E-state index is 12.7. The van der Waals surface area contributed by atoms with Gasteiger partial charge < -0.3 is 29.0 Å². The summed E-state index contributed by atoms with van der Waals surface area (Å²) in [6.45, 7) is 0.0412. The van der Waals surface area contributed by atoms with Crippen LogP contribution in [0.25, 0.3) is 56.4 Å². The topological polar surface area (TPSA) is 155 Å². The first-order chi connectivity index (χ1) is 23.0. The van der Waals surface area contributed by atoms with Crippen LogP contribution in [0.2, 0.25) is 0 Å². The molecular formula is C34H28N8O5. The number of H-pyrrole nitrogens is 1. The van der Waals surface area contributed by atoms with E-state index in [1.807, 2.05) is 60.7 Å². The Morgan fingerprint density at radius 2 is 1.62 bits per heavy atom. The molecule has 234 valence electrons. The van der Waals surface area contributed by atoms with Crippen molar-refractivity contribution in [1.29, 1.82) is 0 Å². The molecule has 7 rings (SSSR count). The number of anilines is 1. The zero-order valence-electron chi connectivity index (χ0n) is 25.6. The monoisotopic (exact) mass is 628 g/mol. The van der Waals surface area contributed by atoms with Crippen LogP contribution in [0, 0.1) is 0 Å². The number of rotatable bonds is 10. The smallest absolute Gasteiger partial charge is 0.246 e. The minimum Gasteiger partial charge on any atom is -0.493 e. The number of ether oxygens (including phenoxy) is 3. The van der Waals surface area contributed by atoms with Gasteiger partial charge in [-0.3, -0.25) is 4.79 Å². The van der Waals surface area contributed by atoms with Gasteiger partial charge in [0.25, 0.3) is 0 Å². The fourth-order valence-electron chi connectivity index (χ4n) is 5.14. The summed E-state index contributed by atoms with van der Waals surface area (Å²) in [5.74, 6) is 2.21. The zero-order chi connectivity index (χ0) is 32.3. The Morgan fingerprint density at radius 3 is 2.34 bits per heavy atom. The highest BCUT2D eigenvalue weighted by molar-refractivity contribution is 5.91. The number of pyridine rings is 1. The second kappa shape index (κ2) is 12.5. The van der Waals surface area contributed by atoms with E-state index in [0.717, 1.165) is 27.8 Å². The summed E-state index contributed by atoms with van der Waals surface area (Å²) < 4.78 is 23.5. The molecule has 0 aliphatic heterocycles. The molecule has 0 saturated heterocycles. The predicted molar refractivity (Wildman–Crippen MR) is 174 cm³/mol. The average molecular weight is 629 g/mol. The summed E-state index contributed by atoms with van der Waals surface area (Å²) in [5.41, 5.74) is 6.64. The third-order valence-electron chi connectivity index (χ3n) is 7.46. The van der Waals surface area contributed by atoms with Crippen LogP contribution in [0.15, 0.2) is 95.8 Å². The van der Waals surface area contributed by atoms with E-state index in [1.165, 1.54) is 4.68 Å². The molecule has 0 bridgehead atoms. The van der Waals surface area contributed by atoms with Gasteiger partial charge >= 0.3 is 0 Å². The molecule has 0 radical (unpaired) electrons. The first-order valence-corrected chi connectivity index (χ1v) is 14.5. The fraction of sp³-hybridized carbons (Fsp3) is 0.118. The maximum absolute atomic E-state index is 12.7. The molecule has 0 atom stereocenters. The first-order valence-electron chi connectivity index (χ1n) is 14.5. The van der Waals surface area contributed by atoms with E-state index in [4.69, 9.17) is 18.7 Å². The number of hydrogen-bond donors (Lipinski definition) is 2. The number of benzene rings is 3. The van der Waals surface area contributed by atoms with Crippen molar-refractivity contribution in [2.75, 3.05) is 26.6 Å². The summed E-state index contributed by atoms with van der Waals surface area (Å²) in [4.78, 5) is 25.1. The van der Waals surface area contributed by atoms with Gasteiger partial charge in [-0.2, -0.15) is 0 Å². The van der Waals surface area contributed by atoms with Gasteiger partial charge in [0.05, 0.1) is 33.0 Å². The molecule has 3 aromatic carbocycles. The van der Waals surface area contributed by atoms with Crippen molar-refractivity contribution in [3.63, 3.8) is 0 Å². The summed E-state index contributed by atoms with van der Waals surface area (Å²) in [5, 5.41) is 15.4. The van der Waals surface area contributed by atoms with E-state index in [-0.39, 0.29) is 12.5 Å². The van der Waals surface area contributed by atoms with Gasteiger partial charge in [0.1, 0.15) is 17.9 Å². The van der Waals surface area contributed by atoms with Gasteiger partial charge in [-0.25, -0.2) is 14.6 Å². The van der Waals surface area contributed by atoms with Crippen LogP contribution >= 0.6 is 0 Å². The summed E-state index contributed by atoms with van der Waals surface area (Å²) >= 11 is 0. The molecule has 0 spiro atoms. The largest absolute Gasteiger partial charge is 0.493 e.